The fourth-order valence-electron chi connectivity index (χ4n) is 4.95. The number of benzene rings is 3. The second-order valence-electron chi connectivity index (χ2n) is 10.3. The minimum absolute atomic E-state index is 0.0148. The van der Waals surface area contributed by atoms with Gasteiger partial charge in [-0.15, -0.1) is 0 Å². The molecule has 0 radical (unpaired) electrons. The maximum Gasteiger partial charge on any atom is 0.271 e. The standard InChI is InChI=1S/C30H33ClN4O6S/c1-22(30(37)32-25-9-4-2-5-10-25)33(20-23-15-17-24(31)18-16-23)29(36)21-34(26-11-8-12-27(19-26)35(38)39)42(40,41)28-13-6-3-7-14-28/h3,6-8,11-19,22,25H,2,4-5,9-10,20-21H2,1H3,(H,32,37)/t22-/m1/s1. The molecule has 12 heteroatoms. The van der Waals surface area contributed by atoms with Crippen molar-refractivity contribution in [3.63, 3.8) is 0 Å². The minimum Gasteiger partial charge on any atom is -0.352 e. The normalized spacial score (nSPS) is 14.5. The molecule has 222 valence electrons. The molecular weight excluding hydrogens is 580 g/mol. The van der Waals surface area contributed by atoms with E-state index in [1.165, 1.54) is 35.2 Å². The van der Waals surface area contributed by atoms with Gasteiger partial charge >= 0.3 is 0 Å². The first-order valence-electron chi connectivity index (χ1n) is 13.7. The van der Waals surface area contributed by atoms with Crippen LogP contribution in [0.15, 0.2) is 83.8 Å². The maximum atomic E-state index is 14.0. The Morgan fingerprint density at radius 1 is 1.00 bits per heavy atom. The van der Waals surface area contributed by atoms with Crippen molar-refractivity contribution in [2.45, 2.75) is 62.6 Å². The van der Waals surface area contributed by atoms with Gasteiger partial charge in [-0.2, -0.15) is 0 Å². The van der Waals surface area contributed by atoms with Crippen LogP contribution in [0.4, 0.5) is 11.4 Å². The molecule has 42 heavy (non-hydrogen) atoms. The highest BCUT2D eigenvalue weighted by Gasteiger charge is 2.33. The molecule has 1 atom stereocenters. The van der Waals surface area contributed by atoms with E-state index in [1.54, 1.807) is 49.4 Å². The quantitative estimate of drug-likeness (QED) is 0.231. The summed E-state index contributed by atoms with van der Waals surface area (Å²) in [6, 6.07) is 18.5. The monoisotopic (exact) mass is 612 g/mol. The van der Waals surface area contributed by atoms with E-state index in [9.17, 15) is 28.1 Å². The third-order valence-electron chi connectivity index (χ3n) is 7.32. The fraction of sp³-hybridized carbons (Fsp3) is 0.333. The Labute approximate surface area is 250 Å². The number of hydrogen-bond donors (Lipinski definition) is 1. The molecule has 10 nitrogen and oxygen atoms in total. The van der Waals surface area contributed by atoms with Crippen LogP contribution in [-0.2, 0) is 26.2 Å². The summed E-state index contributed by atoms with van der Waals surface area (Å²) in [6.07, 6.45) is 4.87. The van der Waals surface area contributed by atoms with Gasteiger partial charge in [0.15, 0.2) is 0 Å². The summed E-state index contributed by atoms with van der Waals surface area (Å²) in [4.78, 5) is 39.5. The summed E-state index contributed by atoms with van der Waals surface area (Å²) in [5.41, 5.74) is 0.316. The Morgan fingerprint density at radius 3 is 2.31 bits per heavy atom. The Balaban J connectivity index is 1.69. The lowest BCUT2D eigenvalue weighted by molar-refractivity contribution is -0.384. The molecule has 1 aliphatic rings. The number of non-ortho nitro benzene ring substituents is 1. The highest BCUT2D eigenvalue weighted by molar-refractivity contribution is 7.92. The smallest absolute Gasteiger partial charge is 0.271 e. The molecule has 0 heterocycles. The van der Waals surface area contributed by atoms with Gasteiger partial charge < -0.3 is 10.2 Å². The zero-order chi connectivity index (χ0) is 30.3. The number of carbonyl (C=O) groups is 2. The van der Waals surface area contributed by atoms with Crippen molar-refractivity contribution < 1.29 is 22.9 Å². The summed E-state index contributed by atoms with van der Waals surface area (Å²) in [6.45, 7) is 0.936. The first kappa shape index (κ1) is 31.0. The fourth-order valence-corrected chi connectivity index (χ4v) is 6.50. The highest BCUT2D eigenvalue weighted by Crippen LogP contribution is 2.28. The number of sulfonamides is 1. The number of anilines is 1. The molecule has 1 N–H and O–H groups in total. The molecule has 0 saturated heterocycles. The predicted molar refractivity (Wildman–Crippen MR) is 161 cm³/mol. The van der Waals surface area contributed by atoms with Gasteiger partial charge in [-0.3, -0.25) is 24.0 Å². The van der Waals surface area contributed by atoms with Crippen LogP contribution in [0.5, 0.6) is 0 Å². The Hall–Kier alpha value is -3.96. The number of halogens is 1. The van der Waals surface area contributed by atoms with Crippen LogP contribution in [0.25, 0.3) is 0 Å². The minimum atomic E-state index is -4.33. The van der Waals surface area contributed by atoms with E-state index in [1.807, 2.05) is 0 Å². The van der Waals surface area contributed by atoms with E-state index in [4.69, 9.17) is 11.6 Å². The van der Waals surface area contributed by atoms with Crippen LogP contribution < -0.4 is 9.62 Å². The molecule has 0 aliphatic heterocycles. The van der Waals surface area contributed by atoms with Gasteiger partial charge in [0.1, 0.15) is 12.6 Å². The molecule has 3 aromatic carbocycles. The van der Waals surface area contributed by atoms with Crippen LogP contribution in [0, 0.1) is 10.1 Å². The molecular formula is C30H33ClN4O6S. The predicted octanol–water partition coefficient (Wildman–Crippen LogP) is 5.31. The van der Waals surface area contributed by atoms with Gasteiger partial charge in [0, 0.05) is 29.7 Å². The molecule has 1 aliphatic carbocycles. The van der Waals surface area contributed by atoms with Gasteiger partial charge in [0.2, 0.25) is 11.8 Å². The van der Waals surface area contributed by atoms with E-state index in [0.29, 0.717) is 10.6 Å². The summed E-state index contributed by atoms with van der Waals surface area (Å²) < 4.78 is 28.5. The van der Waals surface area contributed by atoms with Gasteiger partial charge in [-0.1, -0.05) is 67.3 Å². The number of nitrogens with zero attached hydrogens (tertiary/aromatic N) is 3. The summed E-state index contributed by atoms with van der Waals surface area (Å²) >= 11 is 6.05. The third kappa shape index (κ3) is 7.65. The number of rotatable bonds is 11. The van der Waals surface area contributed by atoms with E-state index in [2.05, 4.69) is 5.32 Å². The van der Waals surface area contributed by atoms with Crippen molar-refractivity contribution >= 4 is 44.8 Å². The van der Waals surface area contributed by atoms with Crippen LogP contribution in [0.2, 0.25) is 5.02 Å². The molecule has 3 aromatic rings. The zero-order valence-electron chi connectivity index (χ0n) is 23.2. The lowest BCUT2D eigenvalue weighted by Crippen LogP contribution is -2.53. The lowest BCUT2D eigenvalue weighted by Gasteiger charge is -2.33. The van der Waals surface area contributed by atoms with E-state index < -0.39 is 33.4 Å². The number of hydrogen-bond acceptors (Lipinski definition) is 6. The first-order valence-corrected chi connectivity index (χ1v) is 15.5. The Kier molecular flexibility index (Phi) is 10.2. The molecule has 1 fully saturated rings. The number of nitrogens with one attached hydrogen (secondary N) is 1. The number of amides is 2. The van der Waals surface area contributed by atoms with E-state index >= 15 is 0 Å². The average molecular weight is 613 g/mol. The molecule has 0 unspecified atom stereocenters. The van der Waals surface area contributed by atoms with Crippen molar-refractivity contribution in [1.29, 1.82) is 0 Å². The van der Waals surface area contributed by atoms with Gasteiger partial charge in [-0.25, -0.2) is 8.42 Å². The largest absolute Gasteiger partial charge is 0.352 e. The topological polar surface area (TPSA) is 130 Å². The Bertz CT molecular complexity index is 1510. The maximum absolute atomic E-state index is 14.0. The summed E-state index contributed by atoms with van der Waals surface area (Å²) in [5.74, 6) is -0.987. The SMILES string of the molecule is C[C@H](C(=O)NC1CCCCC1)N(Cc1ccc(Cl)cc1)C(=O)CN(c1cccc([N+](=O)[O-])c1)S(=O)(=O)c1ccccc1. The third-order valence-corrected chi connectivity index (χ3v) is 9.36. The zero-order valence-corrected chi connectivity index (χ0v) is 24.8. The molecule has 0 bridgehead atoms. The van der Waals surface area contributed by atoms with Crippen LogP contribution in [0.1, 0.15) is 44.6 Å². The van der Waals surface area contributed by atoms with Gasteiger partial charge in [-0.05, 0) is 55.7 Å². The van der Waals surface area contributed by atoms with E-state index in [0.717, 1.165) is 42.5 Å². The summed E-state index contributed by atoms with van der Waals surface area (Å²) in [7, 11) is -4.33. The Morgan fingerprint density at radius 2 is 1.67 bits per heavy atom. The first-order chi connectivity index (χ1) is 20.1. The molecule has 1 saturated carbocycles. The molecule has 2 amide bonds. The van der Waals surface area contributed by atoms with Crippen molar-refractivity contribution in [3.05, 3.63) is 99.6 Å². The van der Waals surface area contributed by atoms with Gasteiger partial charge in [0.05, 0.1) is 15.5 Å². The second kappa shape index (κ2) is 13.8. The van der Waals surface area contributed by atoms with Crippen molar-refractivity contribution in [2.24, 2.45) is 0 Å². The number of carbonyl (C=O) groups excluding carboxylic acids is 2. The van der Waals surface area contributed by atoms with Crippen LogP contribution >= 0.6 is 11.6 Å². The lowest BCUT2D eigenvalue weighted by atomic mass is 9.95. The van der Waals surface area contributed by atoms with Crippen molar-refractivity contribution in [2.75, 3.05) is 10.8 Å². The van der Waals surface area contributed by atoms with Crippen molar-refractivity contribution in [1.82, 2.24) is 10.2 Å². The van der Waals surface area contributed by atoms with Crippen LogP contribution in [0.3, 0.4) is 0 Å². The highest BCUT2D eigenvalue weighted by atomic mass is 35.5. The van der Waals surface area contributed by atoms with Gasteiger partial charge in [0.25, 0.3) is 15.7 Å². The second-order valence-corrected chi connectivity index (χ2v) is 12.6. The number of nitro groups is 1. The van der Waals surface area contributed by atoms with Crippen LogP contribution in [-0.4, -0.2) is 48.7 Å². The molecule has 4 rings (SSSR count). The van der Waals surface area contributed by atoms with E-state index in [-0.39, 0.29) is 34.8 Å². The van der Waals surface area contributed by atoms with Crippen molar-refractivity contribution in [3.8, 4) is 0 Å². The molecule has 0 spiro atoms. The average Bonchev–Trinajstić information content (AvgIpc) is 3.00. The summed E-state index contributed by atoms with van der Waals surface area (Å²) in [5, 5.41) is 15.0. The molecule has 0 aromatic heterocycles. The number of nitro benzene ring substituents is 1.